The molecule has 2 heterocycles. The summed E-state index contributed by atoms with van der Waals surface area (Å²) < 4.78 is 9.05. The van der Waals surface area contributed by atoms with Gasteiger partial charge in [0.25, 0.3) is 5.91 Å². The van der Waals surface area contributed by atoms with Crippen LogP contribution in [0.15, 0.2) is 28.9 Å². The molecule has 2 rings (SSSR count). The van der Waals surface area contributed by atoms with Gasteiger partial charge in [-0.3, -0.25) is 4.79 Å². The Balaban J connectivity index is 2.21. The van der Waals surface area contributed by atoms with Crippen LogP contribution in [0.4, 0.5) is 5.00 Å². The van der Waals surface area contributed by atoms with Gasteiger partial charge in [-0.05, 0) is 36.7 Å². The van der Waals surface area contributed by atoms with Gasteiger partial charge in [-0.25, -0.2) is 4.79 Å². The van der Waals surface area contributed by atoms with Crippen LogP contribution < -0.4 is 4.90 Å². The van der Waals surface area contributed by atoms with Gasteiger partial charge in [0.2, 0.25) is 0 Å². The topological polar surface area (TPSA) is 83.6 Å². The van der Waals surface area contributed by atoms with E-state index in [4.69, 9.17) is 9.52 Å². The van der Waals surface area contributed by atoms with E-state index in [9.17, 15) is 9.59 Å². The van der Waals surface area contributed by atoms with Crippen LogP contribution in [0.5, 0.6) is 0 Å². The number of aryl methyl sites for hydroxylation is 1. The Morgan fingerprint density at radius 2 is 2.25 bits per heavy atom. The number of carboxylic acid groups (broad SMARTS) is 1. The molecule has 0 aliphatic rings. The predicted molar refractivity (Wildman–Crippen MR) is 75.0 cm³/mol. The van der Waals surface area contributed by atoms with Crippen molar-refractivity contribution in [3.63, 3.8) is 0 Å². The monoisotopic (exact) mass is 292 g/mol. The van der Waals surface area contributed by atoms with E-state index in [2.05, 4.69) is 4.37 Å². The number of carbonyl (C=O) groups excluding carboxylic acids is 1. The third-order valence-corrected chi connectivity index (χ3v) is 3.64. The second-order valence-electron chi connectivity index (χ2n) is 4.00. The normalized spacial score (nSPS) is 10.9. The molecule has 0 aromatic carbocycles. The number of carbonyl (C=O) groups is 2. The van der Waals surface area contributed by atoms with Gasteiger partial charge in [0.05, 0.1) is 12.0 Å². The lowest BCUT2D eigenvalue weighted by molar-refractivity contribution is -0.113. The summed E-state index contributed by atoms with van der Waals surface area (Å²) >= 11 is 0.981. The molecule has 0 aliphatic heterocycles. The minimum Gasteiger partial charge on any atom is -0.478 e. The molecule has 0 saturated heterocycles. The standard InChI is InChI=1S/C13H12N2O4S/c1-8-11(13(17)18)12(20-14-8)15(2)10(16)6-5-9-4-3-7-19-9/h3-7H,1-2H3,(H,17,18). The Bertz CT molecular complexity index is 658. The van der Waals surface area contributed by atoms with Crippen molar-refractivity contribution >= 4 is 34.5 Å². The molecule has 0 unspecified atom stereocenters. The molecular weight excluding hydrogens is 280 g/mol. The molecule has 0 aliphatic carbocycles. The number of nitrogens with zero attached hydrogens (tertiary/aromatic N) is 2. The number of amides is 1. The summed E-state index contributed by atoms with van der Waals surface area (Å²) in [5, 5.41) is 9.45. The van der Waals surface area contributed by atoms with Crippen LogP contribution in [0.1, 0.15) is 21.8 Å². The van der Waals surface area contributed by atoms with Crippen LogP contribution in [0.25, 0.3) is 6.08 Å². The highest BCUT2D eigenvalue weighted by Crippen LogP contribution is 2.28. The number of hydrogen-bond donors (Lipinski definition) is 1. The summed E-state index contributed by atoms with van der Waals surface area (Å²) in [6, 6.07) is 3.42. The molecule has 0 atom stereocenters. The second kappa shape index (κ2) is 5.70. The lowest BCUT2D eigenvalue weighted by Gasteiger charge is -2.13. The third kappa shape index (κ3) is 2.77. The Kier molecular flexibility index (Phi) is 3.99. The molecule has 6 nitrogen and oxygen atoms in total. The summed E-state index contributed by atoms with van der Waals surface area (Å²) in [5.41, 5.74) is 0.449. The largest absolute Gasteiger partial charge is 0.478 e. The van der Waals surface area contributed by atoms with Crippen molar-refractivity contribution < 1.29 is 19.1 Å². The average Bonchev–Trinajstić information content (AvgIpc) is 3.03. The molecule has 0 bridgehead atoms. The number of aromatic carboxylic acids is 1. The van der Waals surface area contributed by atoms with Gasteiger partial charge in [0, 0.05) is 13.1 Å². The van der Waals surface area contributed by atoms with Crippen LogP contribution in [0.2, 0.25) is 0 Å². The molecule has 0 spiro atoms. The molecule has 20 heavy (non-hydrogen) atoms. The lowest BCUT2D eigenvalue weighted by atomic mass is 10.2. The average molecular weight is 292 g/mol. The van der Waals surface area contributed by atoms with Crippen molar-refractivity contribution in [2.45, 2.75) is 6.92 Å². The van der Waals surface area contributed by atoms with Gasteiger partial charge >= 0.3 is 5.97 Å². The Hall–Kier alpha value is -2.41. The van der Waals surface area contributed by atoms with Crippen molar-refractivity contribution in [1.82, 2.24) is 4.37 Å². The number of furan rings is 1. The van der Waals surface area contributed by atoms with Crippen molar-refractivity contribution in [3.8, 4) is 0 Å². The SMILES string of the molecule is Cc1nsc(N(C)C(=O)C=Cc2ccco2)c1C(=O)O. The van der Waals surface area contributed by atoms with Crippen LogP contribution >= 0.6 is 11.5 Å². The van der Waals surface area contributed by atoms with Crippen LogP contribution in [0, 0.1) is 6.92 Å². The first-order chi connectivity index (χ1) is 9.50. The first-order valence-electron chi connectivity index (χ1n) is 5.69. The molecule has 0 radical (unpaired) electrons. The highest BCUT2D eigenvalue weighted by Gasteiger charge is 2.22. The van der Waals surface area contributed by atoms with E-state index in [1.165, 1.54) is 30.4 Å². The first kappa shape index (κ1) is 14.0. The van der Waals surface area contributed by atoms with Gasteiger partial charge in [0.1, 0.15) is 16.3 Å². The van der Waals surface area contributed by atoms with E-state index in [1.807, 2.05) is 0 Å². The van der Waals surface area contributed by atoms with Crippen molar-refractivity contribution in [2.24, 2.45) is 0 Å². The maximum Gasteiger partial charge on any atom is 0.340 e. The lowest BCUT2D eigenvalue weighted by Crippen LogP contribution is -2.24. The zero-order valence-electron chi connectivity index (χ0n) is 10.9. The summed E-state index contributed by atoms with van der Waals surface area (Å²) in [6.45, 7) is 1.60. The highest BCUT2D eigenvalue weighted by atomic mass is 32.1. The summed E-state index contributed by atoms with van der Waals surface area (Å²) in [6.07, 6.45) is 4.34. The van der Waals surface area contributed by atoms with Gasteiger partial charge in [-0.2, -0.15) is 4.37 Å². The van der Waals surface area contributed by atoms with Gasteiger partial charge in [-0.1, -0.05) is 0 Å². The minimum atomic E-state index is -1.10. The smallest absolute Gasteiger partial charge is 0.340 e. The third-order valence-electron chi connectivity index (χ3n) is 2.63. The molecule has 1 N–H and O–H groups in total. The number of carboxylic acids is 1. The van der Waals surface area contributed by atoms with Crippen LogP contribution in [-0.2, 0) is 4.79 Å². The van der Waals surface area contributed by atoms with E-state index >= 15 is 0 Å². The van der Waals surface area contributed by atoms with Crippen LogP contribution in [0.3, 0.4) is 0 Å². The fraction of sp³-hybridized carbons (Fsp3) is 0.154. The Morgan fingerprint density at radius 3 is 2.85 bits per heavy atom. The number of rotatable bonds is 4. The Labute approximate surface area is 119 Å². The number of likely N-dealkylation sites (N-methyl/N-ethyl adjacent to an activating group) is 1. The fourth-order valence-electron chi connectivity index (χ4n) is 1.58. The van der Waals surface area contributed by atoms with Gasteiger partial charge < -0.3 is 14.4 Å². The maximum atomic E-state index is 12.0. The van der Waals surface area contributed by atoms with Crippen molar-refractivity contribution in [2.75, 3.05) is 11.9 Å². The molecule has 0 saturated carbocycles. The molecule has 1 amide bonds. The van der Waals surface area contributed by atoms with E-state index in [1.54, 1.807) is 19.1 Å². The van der Waals surface area contributed by atoms with Crippen LogP contribution in [-0.4, -0.2) is 28.4 Å². The molecule has 104 valence electrons. The zero-order valence-corrected chi connectivity index (χ0v) is 11.7. The van der Waals surface area contributed by atoms with E-state index in [0.717, 1.165) is 11.5 Å². The number of aromatic nitrogens is 1. The van der Waals surface area contributed by atoms with Crippen molar-refractivity contribution in [1.29, 1.82) is 0 Å². The zero-order chi connectivity index (χ0) is 14.7. The molecule has 0 fully saturated rings. The van der Waals surface area contributed by atoms with E-state index in [-0.39, 0.29) is 11.5 Å². The van der Waals surface area contributed by atoms with Gasteiger partial charge in [-0.15, -0.1) is 0 Å². The molecule has 2 aromatic heterocycles. The maximum absolute atomic E-state index is 12.0. The fourth-order valence-corrected chi connectivity index (χ4v) is 2.44. The molecule has 7 heteroatoms. The van der Waals surface area contributed by atoms with E-state index < -0.39 is 5.97 Å². The summed E-state index contributed by atoms with van der Waals surface area (Å²) in [5.74, 6) is -0.904. The van der Waals surface area contributed by atoms with Gasteiger partial charge in [0.15, 0.2) is 0 Å². The number of anilines is 1. The minimum absolute atomic E-state index is 0.0530. The molecular formula is C13H12N2O4S. The molecule has 2 aromatic rings. The number of hydrogen-bond acceptors (Lipinski definition) is 5. The second-order valence-corrected chi connectivity index (χ2v) is 4.75. The van der Waals surface area contributed by atoms with Crippen molar-refractivity contribution in [3.05, 3.63) is 41.5 Å². The first-order valence-corrected chi connectivity index (χ1v) is 6.47. The summed E-state index contributed by atoms with van der Waals surface area (Å²) in [7, 11) is 1.51. The quantitative estimate of drug-likeness (QED) is 0.875. The Morgan fingerprint density at radius 1 is 1.50 bits per heavy atom. The summed E-state index contributed by atoms with van der Waals surface area (Å²) in [4.78, 5) is 24.4. The predicted octanol–water partition coefficient (Wildman–Crippen LogP) is 2.42. The highest BCUT2D eigenvalue weighted by molar-refractivity contribution is 7.11. The van der Waals surface area contributed by atoms with E-state index in [0.29, 0.717) is 16.5 Å².